The zero-order chi connectivity index (χ0) is 15.1. The third kappa shape index (κ3) is 2.13. The number of anilines is 1. The van der Waals surface area contributed by atoms with Crippen LogP contribution in [0.3, 0.4) is 0 Å². The van der Waals surface area contributed by atoms with Crippen LogP contribution < -0.4 is 4.90 Å². The molecule has 1 unspecified atom stereocenters. The highest BCUT2D eigenvalue weighted by molar-refractivity contribution is 5.61. The summed E-state index contributed by atoms with van der Waals surface area (Å²) in [5.74, 6) is 2.59. The molecule has 118 valence electrons. The number of aromatic nitrogens is 4. The highest BCUT2D eigenvalue weighted by Gasteiger charge is 2.28. The van der Waals surface area contributed by atoms with Crippen LogP contribution in [0.5, 0.6) is 0 Å². The van der Waals surface area contributed by atoms with Gasteiger partial charge in [0.15, 0.2) is 5.82 Å². The van der Waals surface area contributed by atoms with Crippen LogP contribution in [0.25, 0.3) is 5.69 Å². The maximum absolute atomic E-state index is 5.55. The molecule has 0 aliphatic carbocycles. The molecular formula is C16H23N5O. The molecule has 4 rings (SSSR count). The van der Waals surface area contributed by atoms with E-state index in [0.29, 0.717) is 5.92 Å². The van der Waals surface area contributed by atoms with E-state index in [2.05, 4.69) is 27.6 Å². The van der Waals surface area contributed by atoms with E-state index in [-0.39, 0.29) is 0 Å². The number of ether oxygens (including phenoxy) is 1. The van der Waals surface area contributed by atoms with Gasteiger partial charge in [0.2, 0.25) is 0 Å². The second kappa shape index (κ2) is 5.43. The zero-order valence-corrected chi connectivity index (χ0v) is 13.3. The molecule has 2 aromatic heterocycles. The quantitative estimate of drug-likeness (QED) is 0.870. The molecule has 6 heteroatoms. The Balaban J connectivity index is 1.80. The van der Waals surface area contributed by atoms with Gasteiger partial charge in [-0.15, -0.1) is 0 Å². The van der Waals surface area contributed by atoms with Crippen LogP contribution in [0.2, 0.25) is 0 Å². The summed E-state index contributed by atoms with van der Waals surface area (Å²) < 4.78 is 9.77. The highest BCUT2D eigenvalue weighted by Crippen LogP contribution is 2.33. The van der Waals surface area contributed by atoms with Crippen molar-refractivity contribution in [2.24, 2.45) is 7.05 Å². The number of nitrogens with zero attached hydrogens (tertiary/aromatic N) is 5. The summed E-state index contributed by atoms with van der Waals surface area (Å²) in [6.07, 6.45) is 7.52. The number of imidazole rings is 1. The molecule has 2 aliphatic heterocycles. The molecule has 6 nitrogen and oxygen atoms in total. The summed E-state index contributed by atoms with van der Waals surface area (Å²) in [6.45, 7) is 5.94. The summed E-state index contributed by atoms with van der Waals surface area (Å²) >= 11 is 0. The van der Waals surface area contributed by atoms with Crippen molar-refractivity contribution >= 4 is 5.82 Å². The molecule has 0 saturated carbocycles. The number of hydrogen-bond donors (Lipinski definition) is 0. The highest BCUT2D eigenvalue weighted by atomic mass is 16.5. The van der Waals surface area contributed by atoms with Gasteiger partial charge in [0.25, 0.3) is 0 Å². The lowest BCUT2D eigenvalue weighted by molar-refractivity contribution is 0.193. The van der Waals surface area contributed by atoms with Crippen LogP contribution in [0.1, 0.15) is 36.7 Å². The van der Waals surface area contributed by atoms with Gasteiger partial charge in [-0.05, 0) is 26.2 Å². The predicted octanol–water partition coefficient (Wildman–Crippen LogP) is 2.02. The average molecular weight is 301 g/mol. The molecule has 0 amide bonds. The molecule has 1 atom stereocenters. The first-order valence-corrected chi connectivity index (χ1v) is 8.15. The summed E-state index contributed by atoms with van der Waals surface area (Å²) in [6, 6.07) is 0. The fraction of sp³-hybridized carbons (Fsp3) is 0.625. The third-order valence-electron chi connectivity index (χ3n) is 4.90. The lowest BCUT2D eigenvalue weighted by atomic mass is 10.1. The van der Waals surface area contributed by atoms with E-state index in [1.54, 1.807) is 0 Å². The standard InChI is InChI=1S/C16H23N5O/c1-12-14(16(18-19(12)2)20-7-3-4-8-20)21-9-6-17-15(21)13-5-10-22-11-13/h6,9,13H,3-5,7-8,10-11H2,1-2H3. The largest absolute Gasteiger partial charge is 0.381 e. The van der Waals surface area contributed by atoms with Crippen LogP contribution in [0.15, 0.2) is 12.4 Å². The van der Waals surface area contributed by atoms with E-state index in [4.69, 9.17) is 9.84 Å². The summed E-state index contributed by atoms with van der Waals surface area (Å²) in [5.41, 5.74) is 2.36. The molecule has 22 heavy (non-hydrogen) atoms. The lowest BCUT2D eigenvalue weighted by Gasteiger charge is -2.18. The minimum Gasteiger partial charge on any atom is -0.381 e. The molecule has 2 fully saturated rings. The van der Waals surface area contributed by atoms with Crippen molar-refractivity contribution in [3.8, 4) is 5.69 Å². The number of rotatable bonds is 3. The molecule has 2 aromatic rings. The van der Waals surface area contributed by atoms with E-state index in [1.165, 1.54) is 24.2 Å². The van der Waals surface area contributed by atoms with Crippen molar-refractivity contribution in [3.05, 3.63) is 23.9 Å². The first kappa shape index (κ1) is 13.8. The Morgan fingerprint density at radius 1 is 1.27 bits per heavy atom. The third-order valence-corrected chi connectivity index (χ3v) is 4.90. The molecule has 0 spiro atoms. The SMILES string of the molecule is Cc1c(-n2ccnc2C2CCOC2)c(N2CCCC2)nn1C. The fourth-order valence-corrected chi connectivity index (χ4v) is 3.55. The molecule has 4 heterocycles. The Morgan fingerprint density at radius 2 is 2.09 bits per heavy atom. The van der Waals surface area contributed by atoms with E-state index in [1.807, 2.05) is 17.9 Å². The minimum atomic E-state index is 0.390. The van der Waals surface area contributed by atoms with E-state index in [0.717, 1.165) is 44.4 Å². The Kier molecular flexibility index (Phi) is 3.41. The molecule has 0 aromatic carbocycles. The summed E-state index contributed by atoms with van der Waals surface area (Å²) in [4.78, 5) is 7.02. The molecule has 2 aliphatic rings. The van der Waals surface area contributed by atoms with Crippen LogP contribution in [0, 0.1) is 6.92 Å². The smallest absolute Gasteiger partial charge is 0.175 e. The van der Waals surface area contributed by atoms with Gasteiger partial charge in [-0.25, -0.2) is 4.98 Å². The maximum Gasteiger partial charge on any atom is 0.175 e. The van der Waals surface area contributed by atoms with Crippen LogP contribution in [-0.2, 0) is 11.8 Å². The van der Waals surface area contributed by atoms with E-state index in [9.17, 15) is 0 Å². The summed E-state index contributed by atoms with van der Waals surface area (Å²) in [5, 5.41) is 4.78. The molecule has 0 bridgehead atoms. The van der Waals surface area contributed by atoms with Crippen molar-refractivity contribution in [1.82, 2.24) is 19.3 Å². The molecule has 0 N–H and O–H groups in total. The normalized spacial score (nSPS) is 21.9. The monoisotopic (exact) mass is 301 g/mol. The Morgan fingerprint density at radius 3 is 2.82 bits per heavy atom. The van der Waals surface area contributed by atoms with E-state index < -0.39 is 0 Å². The van der Waals surface area contributed by atoms with Crippen molar-refractivity contribution in [2.45, 2.75) is 32.1 Å². The van der Waals surface area contributed by atoms with Crippen molar-refractivity contribution in [2.75, 3.05) is 31.2 Å². The van der Waals surface area contributed by atoms with Gasteiger partial charge in [0.05, 0.1) is 12.3 Å². The van der Waals surface area contributed by atoms with Crippen LogP contribution in [-0.4, -0.2) is 45.6 Å². The Bertz CT molecular complexity index is 662. The zero-order valence-electron chi connectivity index (χ0n) is 13.3. The van der Waals surface area contributed by atoms with Gasteiger partial charge in [-0.3, -0.25) is 9.25 Å². The Labute approximate surface area is 130 Å². The van der Waals surface area contributed by atoms with Gasteiger partial charge in [-0.1, -0.05) is 0 Å². The first-order chi connectivity index (χ1) is 10.8. The minimum absolute atomic E-state index is 0.390. The van der Waals surface area contributed by atoms with Crippen molar-refractivity contribution in [1.29, 1.82) is 0 Å². The summed E-state index contributed by atoms with van der Waals surface area (Å²) in [7, 11) is 2.02. The van der Waals surface area contributed by atoms with E-state index >= 15 is 0 Å². The van der Waals surface area contributed by atoms with Gasteiger partial charge < -0.3 is 9.64 Å². The van der Waals surface area contributed by atoms with Gasteiger partial charge in [0, 0.05) is 45.1 Å². The molecule has 0 radical (unpaired) electrons. The van der Waals surface area contributed by atoms with Crippen molar-refractivity contribution < 1.29 is 4.74 Å². The number of aryl methyl sites for hydroxylation is 1. The molecular weight excluding hydrogens is 278 g/mol. The van der Waals surface area contributed by atoms with Crippen molar-refractivity contribution in [3.63, 3.8) is 0 Å². The number of hydrogen-bond acceptors (Lipinski definition) is 4. The topological polar surface area (TPSA) is 48.1 Å². The second-order valence-electron chi connectivity index (χ2n) is 6.29. The van der Waals surface area contributed by atoms with Gasteiger partial charge >= 0.3 is 0 Å². The lowest BCUT2D eigenvalue weighted by Crippen LogP contribution is -2.20. The predicted molar refractivity (Wildman–Crippen MR) is 84.7 cm³/mol. The molecule has 2 saturated heterocycles. The van der Waals surface area contributed by atoms with Crippen LogP contribution in [0.4, 0.5) is 5.82 Å². The maximum atomic E-state index is 5.55. The average Bonchev–Trinajstić information content (AvgIpc) is 3.26. The van der Waals surface area contributed by atoms with Gasteiger partial charge in [-0.2, -0.15) is 5.10 Å². The van der Waals surface area contributed by atoms with Gasteiger partial charge in [0.1, 0.15) is 11.5 Å². The fourth-order valence-electron chi connectivity index (χ4n) is 3.55. The Hall–Kier alpha value is -1.82. The van der Waals surface area contributed by atoms with Crippen LogP contribution >= 0.6 is 0 Å². The first-order valence-electron chi connectivity index (χ1n) is 8.15. The second-order valence-corrected chi connectivity index (χ2v) is 6.29.